The van der Waals surface area contributed by atoms with E-state index >= 15 is 0 Å². The number of hydrogen-bond acceptors (Lipinski definition) is 2. The number of halogens is 2. The lowest BCUT2D eigenvalue weighted by Gasteiger charge is -2.40. The predicted octanol–water partition coefficient (Wildman–Crippen LogP) is 4.33. The molecule has 1 fully saturated rings. The molecule has 0 bridgehead atoms. The summed E-state index contributed by atoms with van der Waals surface area (Å²) >= 11 is 3.39. The number of hydrogen-bond donors (Lipinski definition) is 1. The van der Waals surface area contributed by atoms with E-state index in [1.165, 1.54) is 31.7 Å². The highest BCUT2D eigenvalue weighted by Gasteiger charge is 2.26. The molecule has 1 aliphatic heterocycles. The molecule has 21 heavy (non-hydrogen) atoms. The summed E-state index contributed by atoms with van der Waals surface area (Å²) in [5.74, 6) is -0.161. The maximum absolute atomic E-state index is 13.6. The van der Waals surface area contributed by atoms with Gasteiger partial charge in [0.25, 0.3) is 0 Å². The molecule has 2 unspecified atom stereocenters. The fourth-order valence-electron chi connectivity index (χ4n) is 3.22. The van der Waals surface area contributed by atoms with Gasteiger partial charge in [0.15, 0.2) is 0 Å². The van der Waals surface area contributed by atoms with Crippen LogP contribution in [0.3, 0.4) is 0 Å². The van der Waals surface area contributed by atoms with Gasteiger partial charge >= 0.3 is 0 Å². The van der Waals surface area contributed by atoms with Gasteiger partial charge in [-0.3, -0.25) is 4.90 Å². The van der Waals surface area contributed by atoms with E-state index < -0.39 is 0 Å². The van der Waals surface area contributed by atoms with E-state index in [1.54, 1.807) is 6.07 Å². The average Bonchev–Trinajstić information content (AvgIpc) is 2.41. The number of rotatable bonds is 6. The van der Waals surface area contributed by atoms with Crippen molar-refractivity contribution in [1.29, 1.82) is 0 Å². The van der Waals surface area contributed by atoms with Crippen LogP contribution in [-0.2, 0) is 6.54 Å². The van der Waals surface area contributed by atoms with E-state index in [-0.39, 0.29) is 5.82 Å². The second-order valence-electron chi connectivity index (χ2n) is 6.04. The number of nitrogens with zero attached hydrogens (tertiary/aromatic N) is 1. The van der Waals surface area contributed by atoms with Crippen LogP contribution in [0.1, 0.15) is 45.1 Å². The Labute approximate surface area is 136 Å². The van der Waals surface area contributed by atoms with Gasteiger partial charge in [0.05, 0.1) is 0 Å². The average molecular weight is 357 g/mol. The van der Waals surface area contributed by atoms with Crippen LogP contribution < -0.4 is 5.32 Å². The van der Waals surface area contributed by atoms with Crippen LogP contribution >= 0.6 is 15.9 Å². The number of piperazine rings is 1. The molecular formula is C17H26BrFN2. The molecule has 0 spiro atoms. The van der Waals surface area contributed by atoms with Crippen LogP contribution in [-0.4, -0.2) is 30.1 Å². The number of nitrogens with one attached hydrogen (secondary N) is 1. The van der Waals surface area contributed by atoms with Gasteiger partial charge in [-0.15, -0.1) is 0 Å². The topological polar surface area (TPSA) is 15.3 Å². The van der Waals surface area contributed by atoms with Crippen molar-refractivity contribution >= 4 is 15.9 Å². The highest BCUT2D eigenvalue weighted by atomic mass is 79.9. The smallest absolute Gasteiger partial charge is 0.124 e. The lowest BCUT2D eigenvalue weighted by molar-refractivity contribution is 0.111. The molecule has 2 atom stereocenters. The Kier molecular flexibility index (Phi) is 6.65. The summed E-state index contributed by atoms with van der Waals surface area (Å²) in [4.78, 5) is 2.53. The van der Waals surface area contributed by atoms with Gasteiger partial charge < -0.3 is 5.32 Å². The lowest BCUT2D eigenvalue weighted by Crippen LogP contribution is -2.55. The highest BCUT2D eigenvalue weighted by Crippen LogP contribution is 2.21. The van der Waals surface area contributed by atoms with Crippen LogP contribution in [0.4, 0.5) is 4.39 Å². The van der Waals surface area contributed by atoms with E-state index in [0.29, 0.717) is 12.1 Å². The van der Waals surface area contributed by atoms with Crippen LogP contribution in [0.15, 0.2) is 22.7 Å². The maximum Gasteiger partial charge on any atom is 0.124 e. The van der Waals surface area contributed by atoms with E-state index in [1.807, 2.05) is 6.07 Å². The molecule has 0 radical (unpaired) electrons. The molecule has 1 saturated heterocycles. The Morgan fingerprint density at radius 3 is 2.67 bits per heavy atom. The third-order valence-electron chi connectivity index (χ3n) is 4.18. The van der Waals surface area contributed by atoms with Crippen molar-refractivity contribution in [3.8, 4) is 0 Å². The monoisotopic (exact) mass is 356 g/mol. The minimum atomic E-state index is -0.161. The predicted molar refractivity (Wildman–Crippen MR) is 89.9 cm³/mol. The Hall–Kier alpha value is -0.450. The fraction of sp³-hybridized carbons (Fsp3) is 0.647. The molecule has 1 aliphatic rings. The van der Waals surface area contributed by atoms with Crippen molar-refractivity contribution in [2.45, 2.75) is 58.2 Å². The first kappa shape index (κ1) is 16.9. The van der Waals surface area contributed by atoms with Crippen molar-refractivity contribution < 1.29 is 4.39 Å². The molecule has 2 rings (SSSR count). The van der Waals surface area contributed by atoms with E-state index in [0.717, 1.165) is 29.7 Å². The Bertz CT molecular complexity index is 432. The SMILES string of the molecule is CCCC1CN(Cc2cc(F)cc(Br)c2)C(CCC)CN1. The zero-order chi connectivity index (χ0) is 15.2. The third-order valence-corrected chi connectivity index (χ3v) is 4.64. The van der Waals surface area contributed by atoms with Gasteiger partial charge in [0.1, 0.15) is 5.82 Å². The van der Waals surface area contributed by atoms with Crippen LogP contribution in [0, 0.1) is 5.82 Å². The summed E-state index contributed by atoms with van der Waals surface area (Å²) in [5, 5.41) is 3.67. The molecule has 0 aromatic heterocycles. The molecule has 1 aromatic carbocycles. The van der Waals surface area contributed by atoms with E-state index in [4.69, 9.17) is 0 Å². The second-order valence-corrected chi connectivity index (χ2v) is 6.96. The van der Waals surface area contributed by atoms with Gasteiger partial charge in [0.2, 0.25) is 0 Å². The first-order chi connectivity index (χ1) is 10.1. The van der Waals surface area contributed by atoms with Gasteiger partial charge in [0, 0.05) is 36.2 Å². The summed E-state index contributed by atoms with van der Waals surface area (Å²) in [6.45, 7) is 7.41. The zero-order valence-corrected chi connectivity index (χ0v) is 14.6. The molecule has 0 aliphatic carbocycles. The standard InChI is InChI=1S/C17H26BrFN2/c1-3-5-16-12-21(17(6-4-2)10-20-16)11-13-7-14(18)9-15(19)8-13/h7-9,16-17,20H,3-6,10-12H2,1-2H3. The molecule has 4 heteroatoms. The molecule has 1 heterocycles. The minimum Gasteiger partial charge on any atom is -0.311 e. The van der Waals surface area contributed by atoms with Gasteiger partial charge in [-0.1, -0.05) is 42.6 Å². The Morgan fingerprint density at radius 1 is 1.24 bits per heavy atom. The maximum atomic E-state index is 13.6. The summed E-state index contributed by atoms with van der Waals surface area (Å²) in [6.07, 6.45) is 4.80. The molecule has 0 amide bonds. The Morgan fingerprint density at radius 2 is 2.00 bits per heavy atom. The molecule has 118 valence electrons. The van der Waals surface area contributed by atoms with Gasteiger partial charge in [-0.2, -0.15) is 0 Å². The van der Waals surface area contributed by atoms with Crippen molar-refractivity contribution in [2.24, 2.45) is 0 Å². The van der Waals surface area contributed by atoms with Crippen molar-refractivity contribution in [3.05, 3.63) is 34.1 Å². The normalized spacial score (nSPS) is 23.4. The van der Waals surface area contributed by atoms with Gasteiger partial charge in [-0.25, -0.2) is 4.39 Å². The summed E-state index contributed by atoms with van der Waals surface area (Å²) in [5.41, 5.74) is 1.06. The lowest BCUT2D eigenvalue weighted by atomic mass is 10.0. The number of benzene rings is 1. The van der Waals surface area contributed by atoms with E-state index in [2.05, 4.69) is 40.0 Å². The first-order valence-corrected chi connectivity index (χ1v) is 8.84. The largest absolute Gasteiger partial charge is 0.311 e. The quantitative estimate of drug-likeness (QED) is 0.815. The minimum absolute atomic E-state index is 0.161. The molecule has 1 aromatic rings. The van der Waals surface area contributed by atoms with E-state index in [9.17, 15) is 4.39 Å². The first-order valence-electron chi connectivity index (χ1n) is 8.04. The van der Waals surface area contributed by atoms with Crippen LogP contribution in [0.5, 0.6) is 0 Å². The summed E-state index contributed by atoms with van der Waals surface area (Å²) in [7, 11) is 0. The Balaban J connectivity index is 2.07. The van der Waals surface area contributed by atoms with Crippen molar-refractivity contribution in [1.82, 2.24) is 10.2 Å². The summed E-state index contributed by atoms with van der Waals surface area (Å²) in [6, 6.07) is 6.34. The molecular weight excluding hydrogens is 331 g/mol. The molecule has 0 saturated carbocycles. The zero-order valence-electron chi connectivity index (χ0n) is 13.0. The molecule has 2 nitrogen and oxygen atoms in total. The van der Waals surface area contributed by atoms with Crippen LogP contribution in [0.25, 0.3) is 0 Å². The highest BCUT2D eigenvalue weighted by molar-refractivity contribution is 9.10. The van der Waals surface area contributed by atoms with Crippen molar-refractivity contribution in [2.75, 3.05) is 13.1 Å². The van der Waals surface area contributed by atoms with Crippen LogP contribution in [0.2, 0.25) is 0 Å². The summed E-state index contributed by atoms with van der Waals surface area (Å²) < 4.78 is 14.4. The van der Waals surface area contributed by atoms with Crippen molar-refractivity contribution in [3.63, 3.8) is 0 Å². The molecule has 1 N–H and O–H groups in total. The third kappa shape index (κ3) is 5.04. The fourth-order valence-corrected chi connectivity index (χ4v) is 3.73. The van der Waals surface area contributed by atoms with Gasteiger partial charge in [-0.05, 0) is 36.6 Å². The second kappa shape index (κ2) is 8.25.